The van der Waals surface area contributed by atoms with Gasteiger partial charge in [-0.3, -0.25) is 4.79 Å². The third-order valence-electron chi connectivity index (χ3n) is 4.62. The molecule has 0 aromatic heterocycles. The molecule has 2 aromatic carbocycles. The minimum atomic E-state index is -4.36. The van der Waals surface area contributed by atoms with Gasteiger partial charge >= 0.3 is 6.18 Å². The third-order valence-corrected chi connectivity index (χ3v) is 4.62. The van der Waals surface area contributed by atoms with Crippen LogP contribution in [0, 0.1) is 0 Å². The first kappa shape index (κ1) is 20.1. The number of carbonyl (C=O) groups is 1. The minimum Gasteiger partial charge on any atom is -0.399 e. The molecule has 1 aliphatic carbocycles. The van der Waals surface area contributed by atoms with Crippen molar-refractivity contribution < 1.29 is 18.0 Å². The maximum absolute atomic E-state index is 12.9. The molecule has 0 unspecified atom stereocenters. The molecule has 0 saturated heterocycles. The van der Waals surface area contributed by atoms with Gasteiger partial charge in [-0.05, 0) is 42.2 Å². The van der Waals surface area contributed by atoms with E-state index in [1.807, 2.05) is 0 Å². The second kappa shape index (κ2) is 7.58. The average Bonchev–Trinajstić information content (AvgIpc) is 3.36. The maximum atomic E-state index is 12.9. The van der Waals surface area contributed by atoms with Crippen molar-refractivity contribution in [3.05, 3.63) is 65.2 Å². The molecule has 1 fully saturated rings. The van der Waals surface area contributed by atoms with Gasteiger partial charge < -0.3 is 11.1 Å². The quantitative estimate of drug-likeness (QED) is 0.762. The number of nitrogens with two attached hydrogens (primary N) is 1. The molecule has 0 heterocycles. The van der Waals surface area contributed by atoms with Crippen molar-refractivity contribution in [3.8, 4) is 0 Å². The molecule has 0 atom stereocenters. The second-order valence-corrected chi connectivity index (χ2v) is 6.55. The summed E-state index contributed by atoms with van der Waals surface area (Å²) < 4.78 is 38.6. The summed E-state index contributed by atoms with van der Waals surface area (Å²) in [5, 5.41) is 2.85. The summed E-state index contributed by atoms with van der Waals surface area (Å²) in [6, 6.07) is 12.4. The SMILES string of the molecule is Cl.Nc1ccc(CC(=O)NCC2(c3cccc(C(F)(F)F)c3)CC2)cc1. The van der Waals surface area contributed by atoms with Gasteiger partial charge in [-0.2, -0.15) is 13.2 Å². The lowest BCUT2D eigenvalue weighted by Gasteiger charge is -2.18. The number of hydrogen-bond donors (Lipinski definition) is 2. The van der Waals surface area contributed by atoms with Crippen LogP contribution in [0.1, 0.15) is 29.5 Å². The lowest BCUT2D eigenvalue weighted by Crippen LogP contribution is -2.33. The van der Waals surface area contributed by atoms with E-state index in [0.717, 1.165) is 24.5 Å². The Balaban J connectivity index is 0.00000243. The number of anilines is 1. The third kappa shape index (κ3) is 4.69. The summed E-state index contributed by atoms with van der Waals surface area (Å²) in [6.07, 6.45) is -2.59. The van der Waals surface area contributed by atoms with Crippen molar-refractivity contribution >= 4 is 24.0 Å². The highest BCUT2D eigenvalue weighted by atomic mass is 35.5. The number of carbonyl (C=O) groups excluding carboxylic acids is 1. The summed E-state index contributed by atoms with van der Waals surface area (Å²) in [7, 11) is 0. The van der Waals surface area contributed by atoms with Crippen molar-refractivity contribution in [1.82, 2.24) is 5.32 Å². The molecule has 1 amide bonds. The number of benzene rings is 2. The Bertz CT molecular complexity index is 771. The summed E-state index contributed by atoms with van der Waals surface area (Å²) >= 11 is 0. The molecular weight excluding hydrogens is 365 g/mol. The van der Waals surface area contributed by atoms with Crippen LogP contribution in [0.5, 0.6) is 0 Å². The Morgan fingerprint density at radius 3 is 2.35 bits per heavy atom. The van der Waals surface area contributed by atoms with Gasteiger partial charge in [-0.1, -0.05) is 30.3 Å². The van der Waals surface area contributed by atoms with Crippen LogP contribution in [0.4, 0.5) is 18.9 Å². The van der Waals surface area contributed by atoms with E-state index in [1.54, 1.807) is 30.3 Å². The van der Waals surface area contributed by atoms with Gasteiger partial charge in [0.15, 0.2) is 0 Å². The number of halogens is 4. The number of amides is 1. The van der Waals surface area contributed by atoms with E-state index in [1.165, 1.54) is 12.1 Å². The van der Waals surface area contributed by atoms with E-state index in [9.17, 15) is 18.0 Å². The molecule has 0 aliphatic heterocycles. The fourth-order valence-corrected chi connectivity index (χ4v) is 2.89. The summed E-state index contributed by atoms with van der Waals surface area (Å²) in [5.74, 6) is -0.150. The van der Waals surface area contributed by atoms with Crippen LogP contribution in [0.15, 0.2) is 48.5 Å². The van der Waals surface area contributed by atoms with Gasteiger partial charge in [-0.15, -0.1) is 12.4 Å². The van der Waals surface area contributed by atoms with Crippen LogP contribution < -0.4 is 11.1 Å². The molecule has 3 rings (SSSR count). The van der Waals surface area contributed by atoms with Gasteiger partial charge in [0.25, 0.3) is 0 Å². The van der Waals surface area contributed by atoms with E-state index in [-0.39, 0.29) is 30.2 Å². The topological polar surface area (TPSA) is 55.1 Å². The number of rotatable bonds is 5. The van der Waals surface area contributed by atoms with E-state index in [4.69, 9.17) is 5.73 Å². The number of hydrogen-bond acceptors (Lipinski definition) is 2. The molecule has 0 spiro atoms. The van der Waals surface area contributed by atoms with Crippen molar-refractivity contribution in [1.29, 1.82) is 0 Å². The Morgan fingerprint density at radius 1 is 1.12 bits per heavy atom. The van der Waals surface area contributed by atoms with Crippen LogP contribution in [0.2, 0.25) is 0 Å². The Morgan fingerprint density at radius 2 is 1.77 bits per heavy atom. The second-order valence-electron chi connectivity index (χ2n) is 6.55. The van der Waals surface area contributed by atoms with E-state index < -0.39 is 11.7 Å². The zero-order chi connectivity index (χ0) is 18.1. The van der Waals surface area contributed by atoms with Crippen LogP contribution in [0.3, 0.4) is 0 Å². The highest BCUT2D eigenvalue weighted by Gasteiger charge is 2.45. The Hall–Kier alpha value is -2.21. The van der Waals surface area contributed by atoms with Gasteiger partial charge in [-0.25, -0.2) is 0 Å². The first-order valence-corrected chi connectivity index (χ1v) is 8.07. The summed E-state index contributed by atoms with van der Waals surface area (Å²) in [6.45, 7) is 0.349. The van der Waals surface area contributed by atoms with Gasteiger partial charge in [0.2, 0.25) is 5.91 Å². The molecule has 3 nitrogen and oxygen atoms in total. The first-order valence-electron chi connectivity index (χ1n) is 8.07. The average molecular weight is 385 g/mol. The number of alkyl halides is 3. The molecule has 0 radical (unpaired) electrons. The molecule has 0 bridgehead atoms. The molecular formula is C19H20ClF3N2O. The fourth-order valence-electron chi connectivity index (χ4n) is 2.89. The predicted molar refractivity (Wildman–Crippen MR) is 97.2 cm³/mol. The van der Waals surface area contributed by atoms with E-state index in [2.05, 4.69) is 5.32 Å². The molecule has 3 N–H and O–H groups in total. The van der Waals surface area contributed by atoms with Gasteiger partial charge in [0, 0.05) is 17.6 Å². The monoisotopic (exact) mass is 384 g/mol. The highest BCUT2D eigenvalue weighted by Crippen LogP contribution is 2.48. The molecule has 2 aromatic rings. The maximum Gasteiger partial charge on any atom is 0.416 e. The number of nitrogen functional groups attached to an aromatic ring is 1. The van der Waals surface area contributed by atoms with Crippen LogP contribution >= 0.6 is 12.4 Å². The standard InChI is InChI=1S/C19H19F3N2O.ClH/c20-19(21,22)15-3-1-2-14(11-15)18(8-9-18)12-24-17(25)10-13-4-6-16(23)7-5-13;/h1-7,11H,8-10,12,23H2,(H,24,25);1H. The van der Waals surface area contributed by atoms with Crippen molar-refractivity contribution in [3.63, 3.8) is 0 Å². The Labute approximate surface area is 156 Å². The molecule has 1 aliphatic rings. The van der Waals surface area contributed by atoms with Crippen LogP contribution in [-0.4, -0.2) is 12.5 Å². The molecule has 140 valence electrons. The largest absolute Gasteiger partial charge is 0.416 e. The van der Waals surface area contributed by atoms with E-state index >= 15 is 0 Å². The van der Waals surface area contributed by atoms with E-state index in [0.29, 0.717) is 17.8 Å². The normalized spacial score (nSPS) is 15.0. The van der Waals surface area contributed by atoms with Gasteiger partial charge in [0.05, 0.1) is 12.0 Å². The van der Waals surface area contributed by atoms with Crippen LogP contribution in [0.25, 0.3) is 0 Å². The molecule has 1 saturated carbocycles. The van der Waals surface area contributed by atoms with Gasteiger partial charge in [0.1, 0.15) is 0 Å². The highest BCUT2D eigenvalue weighted by molar-refractivity contribution is 5.85. The fraction of sp³-hybridized carbons (Fsp3) is 0.316. The Kier molecular flexibility index (Phi) is 5.86. The van der Waals surface area contributed by atoms with Crippen LogP contribution in [-0.2, 0) is 22.8 Å². The molecule has 7 heteroatoms. The zero-order valence-electron chi connectivity index (χ0n) is 14.0. The number of nitrogens with one attached hydrogen (secondary N) is 1. The predicted octanol–water partition coefficient (Wildman–Crippen LogP) is 4.10. The lowest BCUT2D eigenvalue weighted by atomic mass is 9.94. The van der Waals surface area contributed by atoms with Crippen molar-refractivity contribution in [2.75, 3.05) is 12.3 Å². The smallest absolute Gasteiger partial charge is 0.399 e. The lowest BCUT2D eigenvalue weighted by molar-refractivity contribution is -0.137. The van der Waals surface area contributed by atoms with Crippen molar-refractivity contribution in [2.45, 2.75) is 30.9 Å². The zero-order valence-corrected chi connectivity index (χ0v) is 14.8. The summed E-state index contributed by atoms with van der Waals surface area (Å²) in [5.41, 5.74) is 6.69. The molecule has 26 heavy (non-hydrogen) atoms. The minimum absolute atomic E-state index is 0. The summed E-state index contributed by atoms with van der Waals surface area (Å²) in [4.78, 5) is 12.1. The van der Waals surface area contributed by atoms with Crippen molar-refractivity contribution in [2.24, 2.45) is 0 Å². The first-order chi connectivity index (χ1) is 11.8.